The number of pyridine rings is 2. The van der Waals surface area contributed by atoms with Gasteiger partial charge in [-0.2, -0.15) is 0 Å². The third-order valence-corrected chi connectivity index (χ3v) is 10.1. The van der Waals surface area contributed by atoms with Gasteiger partial charge in [-0.1, -0.05) is 0 Å². The summed E-state index contributed by atoms with van der Waals surface area (Å²) in [6, 6.07) is 4.05. The lowest BCUT2D eigenvalue weighted by Gasteiger charge is -2.34. The van der Waals surface area contributed by atoms with E-state index in [1.807, 2.05) is 28.5 Å². The van der Waals surface area contributed by atoms with Crippen molar-refractivity contribution in [3.8, 4) is 22.9 Å². The molecule has 0 spiro atoms. The predicted octanol–water partition coefficient (Wildman–Crippen LogP) is 4.26. The average Bonchev–Trinajstić information content (AvgIpc) is 3.83. The zero-order valence-electron chi connectivity index (χ0n) is 27.8. The minimum absolute atomic E-state index is 0.0219. The number of anilines is 2. The largest absolute Gasteiger partial charge is 0.416 e. The lowest BCUT2D eigenvalue weighted by atomic mass is 10.1. The molecule has 2 saturated heterocycles. The number of benzene rings is 2. The summed E-state index contributed by atoms with van der Waals surface area (Å²) in [5.41, 5.74) is -0.954. The van der Waals surface area contributed by atoms with Gasteiger partial charge < -0.3 is 33.2 Å². The highest BCUT2D eigenvalue weighted by Gasteiger charge is 2.30. The molecule has 0 unspecified atom stereocenters. The summed E-state index contributed by atoms with van der Waals surface area (Å²) in [5, 5.41) is 7.94. The molecule has 0 atom stereocenters. The molecule has 3 fully saturated rings. The normalized spacial score (nSPS) is 17.8. The van der Waals surface area contributed by atoms with Crippen molar-refractivity contribution < 1.29 is 22.0 Å². The van der Waals surface area contributed by atoms with Crippen molar-refractivity contribution in [1.82, 2.24) is 29.1 Å². The molecule has 0 amide bonds. The zero-order chi connectivity index (χ0) is 34.8. The summed E-state index contributed by atoms with van der Waals surface area (Å²) in [6.45, 7) is 3.66. The number of alkyl halides is 1. The molecule has 1 aliphatic carbocycles. The Morgan fingerprint density at radius 2 is 1.34 bits per heavy atom. The van der Waals surface area contributed by atoms with Crippen LogP contribution in [0.2, 0.25) is 0 Å². The van der Waals surface area contributed by atoms with Crippen molar-refractivity contribution in [2.45, 2.75) is 25.4 Å². The molecule has 15 heteroatoms. The summed E-state index contributed by atoms with van der Waals surface area (Å²) in [4.78, 5) is 35.4. The van der Waals surface area contributed by atoms with Crippen LogP contribution in [0.3, 0.4) is 0 Å². The molecule has 0 N–H and O–H groups in total. The molecule has 0 bridgehead atoms. The van der Waals surface area contributed by atoms with E-state index in [1.54, 1.807) is 17.2 Å². The molecule has 8 rings (SSSR count). The minimum Gasteiger partial charge on any atom is -0.416 e. The van der Waals surface area contributed by atoms with Crippen LogP contribution in [0.1, 0.15) is 18.9 Å². The van der Waals surface area contributed by atoms with E-state index in [4.69, 9.17) is 4.42 Å². The van der Waals surface area contributed by atoms with E-state index in [0.29, 0.717) is 50.5 Å². The van der Waals surface area contributed by atoms with Crippen molar-refractivity contribution in [1.29, 1.82) is 0 Å². The smallest absolute Gasteiger partial charge is 0.253 e. The first kappa shape index (κ1) is 32.4. The molecule has 5 aromatic rings. The quantitative estimate of drug-likeness (QED) is 0.232. The number of piperazine rings is 2. The topological polar surface area (TPSA) is 95.9 Å². The molecular formula is C35H36F4N8O3. The molecule has 11 nitrogen and oxygen atoms in total. The lowest BCUT2D eigenvalue weighted by Crippen LogP contribution is -2.45. The molecule has 50 heavy (non-hydrogen) atoms. The van der Waals surface area contributed by atoms with Gasteiger partial charge in [0.2, 0.25) is 10.9 Å². The first-order chi connectivity index (χ1) is 24.1. The fourth-order valence-corrected chi connectivity index (χ4v) is 7.11. The number of halogens is 4. The average molecular weight is 693 g/mol. The SMILES string of the molecule is CN1CCN(c2cc3c(cc2F)c(=O)c(-c2nnc(-c4cn(CCF)c5c(F)c(N6CCN(C)CC6)c(F)cc5c4=O)o2)cn3C2CC2)CC1. The third-order valence-electron chi connectivity index (χ3n) is 10.1. The Labute approximate surface area is 283 Å². The molecule has 2 aliphatic heterocycles. The van der Waals surface area contributed by atoms with Gasteiger partial charge in [-0.25, -0.2) is 17.6 Å². The van der Waals surface area contributed by atoms with Gasteiger partial charge in [-0.3, -0.25) is 9.59 Å². The second-order valence-corrected chi connectivity index (χ2v) is 13.5. The van der Waals surface area contributed by atoms with Gasteiger partial charge in [0, 0.05) is 76.2 Å². The van der Waals surface area contributed by atoms with Gasteiger partial charge in [0.1, 0.15) is 35.1 Å². The fraction of sp³-hybridized carbons (Fsp3) is 0.429. The molecule has 2 aromatic carbocycles. The highest BCUT2D eigenvalue weighted by molar-refractivity contribution is 5.88. The maximum Gasteiger partial charge on any atom is 0.253 e. The molecule has 262 valence electrons. The maximum atomic E-state index is 16.1. The summed E-state index contributed by atoms with van der Waals surface area (Å²) in [5.74, 6) is -2.88. The predicted molar refractivity (Wildman–Crippen MR) is 182 cm³/mol. The second kappa shape index (κ2) is 12.5. The van der Waals surface area contributed by atoms with Crippen molar-refractivity contribution in [3.63, 3.8) is 0 Å². The Morgan fingerprint density at radius 3 is 1.96 bits per heavy atom. The van der Waals surface area contributed by atoms with E-state index in [0.717, 1.165) is 32.0 Å². The standard InChI is InChI=1S/C35H36F4N8O3/c1-42-7-11-44(12-8-42)28-17-27-21(15-25(28)37)32(48)24(19-47(27)20-3-4-20)35-41-40-34(50-35)23-18-46(6-5-36)30-22(33(23)49)16-26(38)31(29(30)39)45-13-9-43(2)10-14-45/h15-20H,3-14H2,1-2H3. The number of hydrogen-bond acceptors (Lipinski definition) is 9. The monoisotopic (exact) mass is 692 g/mol. The summed E-state index contributed by atoms with van der Waals surface area (Å²) in [7, 11) is 3.94. The van der Waals surface area contributed by atoms with Gasteiger partial charge in [0.05, 0.1) is 28.7 Å². The van der Waals surface area contributed by atoms with Crippen molar-refractivity contribution in [2.24, 2.45) is 0 Å². The lowest BCUT2D eigenvalue weighted by molar-refractivity contribution is 0.310. The molecular weight excluding hydrogens is 656 g/mol. The van der Waals surface area contributed by atoms with E-state index in [1.165, 1.54) is 16.8 Å². The van der Waals surface area contributed by atoms with Crippen molar-refractivity contribution in [2.75, 3.05) is 82.9 Å². The van der Waals surface area contributed by atoms with Crippen LogP contribution < -0.4 is 20.7 Å². The maximum absolute atomic E-state index is 16.1. The Balaban J connectivity index is 1.22. The first-order valence-corrected chi connectivity index (χ1v) is 16.8. The van der Waals surface area contributed by atoms with Crippen LogP contribution in [0.5, 0.6) is 0 Å². The van der Waals surface area contributed by atoms with Gasteiger partial charge in [0.15, 0.2) is 5.82 Å². The zero-order valence-corrected chi connectivity index (χ0v) is 27.8. The Hall–Kier alpha value is -4.76. The van der Waals surface area contributed by atoms with Crippen LogP contribution in [0.4, 0.5) is 28.9 Å². The molecule has 3 aromatic heterocycles. The molecule has 3 aliphatic rings. The number of hydrogen-bond donors (Lipinski definition) is 0. The fourth-order valence-electron chi connectivity index (χ4n) is 7.11. The van der Waals surface area contributed by atoms with Gasteiger partial charge in [0.25, 0.3) is 11.8 Å². The summed E-state index contributed by atoms with van der Waals surface area (Å²) < 4.78 is 70.1. The second-order valence-electron chi connectivity index (χ2n) is 13.5. The minimum atomic E-state index is -0.951. The highest BCUT2D eigenvalue weighted by atomic mass is 19.1. The van der Waals surface area contributed by atoms with Gasteiger partial charge in [-0.15, -0.1) is 10.2 Å². The number of aromatic nitrogens is 4. The van der Waals surface area contributed by atoms with Crippen molar-refractivity contribution >= 4 is 33.2 Å². The van der Waals surface area contributed by atoms with E-state index in [-0.39, 0.29) is 57.5 Å². The summed E-state index contributed by atoms with van der Waals surface area (Å²) >= 11 is 0. The van der Waals surface area contributed by atoms with E-state index in [2.05, 4.69) is 15.1 Å². The van der Waals surface area contributed by atoms with Crippen LogP contribution in [-0.2, 0) is 6.54 Å². The van der Waals surface area contributed by atoms with Crippen LogP contribution >= 0.6 is 0 Å². The molecule has 0 radical (unpaired) electrons. The molecule has 5 heterocycles. The Bertz CT molecular complexity index is 2250. The van der Waals surface area contributed by atoms with E-state index in [9.17, 15) is 14.0 Å². The third kappa shape index (κ3) is 5.52. The van der Waals surface area contributed by atoms with E-state index < -0.39 is 35.0 Å². The van der Waals surface area contributed by atoms with Crippen LogP contribution in [0.25, 0.3) is 44.7 Å². The number of rotatable bonds is 7. The highest BCUT2D eigenvalue weighted by Crippen LogP contribution is 2.39. The number of likely N-dealkylation sites (N-methyl/N-ethyl adjacent to an activating group) is 2. The Kier molecular flexibility index (Phi) is 8.13. The van der Waals surface area contributed by atoms with Gasteiger partial charge >= 0.3 is 0 Å². The number of aryl methyl sites for hydroxylation is 1. The van der Waals surface area contributed by atoms with Crippen LogP contribution in [0, 0.1) is 17.5 Å². The number of nitrogens with zero attached hydrogens (tertiary/aromatic N) is 8. The van der Waals surface area contributed by atoms with Crippen LogP contribution in [0.15, 0.2) is 44.6 Å². The van der Waals surface area contributed by atoms with Gasteiger partial charge in [-0.05, 0) is 45.1 Å². The van der Waals surface area contributed by atoms with Crippen molar-refractivity contribution in [3.05, 3.63) is 68.5 Å². The number of fused-ring (bicyclic) bond motifs is 2. The van der Waals surface area contributed by atoms with E-state index >= 15 is 13.2 Å². The summed E-state index contributed by atoms with van der Waals surface area (Å²) in [6.07, 6.45) is 4.59. The first-order valence-electron chi connectivity index (χ1n) is 16.8. The van der Waals surface area contributed by atoms with Crippen LogP contribution in [-0.4, -0.2) is 102 Å². The Morgan fingerprint density at radius 1 is 0.760 bits per heavy atom. The molecule has 1 saturated carbocycles.